The zero-order chi connectivity index (χ0) is 30.0. The van der Waals surface area contributed by atoms with Gasteiger partial charge in [-0.25, -0.2) is 4.39 Å². The number of halogens is 1. The SMILES string of the molecule is CC1(C)CCC(c2cc(C(=O)N3CCN(C(=O)c4cc(F)cc(N5CCNCC5)c4)CC3)ccc2O[C@H]2CCNC2)CC1. The third kappa shape index (κ3) is 6.99. The Morgan fingerprint density at radius 3 is 2.14 bits per heavy atom. The number of hydrogen-bond donors (Lipinski definition) is 2. The van der Waals surface area contributed by atoms with Crippen LogP contribution >= 0.6 is 0 Å². The minimum Gasteiger partial charge on any atom is -0.489 e. The fourth-order valence-corrected chi connectivity index (χ4v) is 7.01. The van der Waals surface area contributed by atoms with Crippen LogP contribution in [-0.2, 0) is 0 Å². The third-order valence-electron chi connectivity index (χ3n) is 9.81. The number of ether oxygens (including phenoxy) is 1. The van der Waals surface area contributed by atoms with Gasteiger partial charge in [-0.3, -0.25) is 9.59 Å². The average Bonchev–Trinajstić information content (AvgIpc) is 3.54. The van der Waals surface area contributed by atoms with Gasteiger partial charge >= 0.3 is 0 Å². The Bertz CT molecular complexity index is 1300. The van der Waals surface area contributed by atoms with Crippen molar-refractivity contribution >= 4 is 17.5 Å². The number of benzene rings is 2. The summed E-state index contributed by atoms with van der Waals surface area (Å²) in [4.78, 5) is 32.8. The summed E-state index contributed by atoms with van der Waals surface area (Å²) in [5.74, 6) is 0.707. The topological polar surface area (TPSA) is 77.2 Å². The lowest BCUT2D eigenvalue weighted by molar-refractivity contribution is 0.0535. The maximum Gasteiger partial charge on any atom is 0.254 e. The van der Waals surface area contributed by atoms with Gasteiger partial charge in [-0.05, 0) is 91.9 Å². The molecule has 4 fully saturated rings. The second-order valence-corrected chi connectivity index (χ2v) is 13.4. The van der Waals surface area contributed by atoms with Gasteiger partial charge in [-0.2, -0.15) is 0 Å². The van der Waals surface area contributed by atoms with Crippen LogP contribution in [0.5, 0.6) is 5.75 Å². The zero-order valence-electron chi connectivity index (χ0n) is 25.7. The van der Waals surface area contributed by atoms with Crippen LogP contribution in [0.3, 0.4) is 0 Å². The summed E-state index contributed by atoms with van der Waals surface area (Å²) >= 11 is 0. The number of amides is 2. The molecule has 3 aliphatic heterocycles. The van der Waals surface area contributed by atoms with Crippen LogP contribution in [0.2, 0.25) is 0 Å². The van der Waals surface area contributed by atoms with Crippen molar-refractivity contribution in [1.29, 1.82) is 0 Å². The molecule has 2 amide bonds. The quantitative estimate of drug-likeness (QED) is 0.523. The number of anilines is 1. The number of carbonyl (C=O) groups excluding carboxylic acids is 2. The normalized spacial score (nSPS) is 23.0. The average molecular weight is 592 g/mol. The van der Waals surface area contributed by atoms with Gasteiger partial charge < -0.3 is 30.1 Å². The first-order valence-electron chi connectivity index (χ1n) is 16.1. The molecule has 0 aromatic heterocycles. The number of hydrogen-bond acceptors (Lipinski definition) is 6. The maximum absolute atomic E-state index is 14.5. The lowest BCUT2D eigenvalue weighted by Gasteiger charge is -2.36. The van der Waals surface area contributed by atoms with Crippen molar-refractivity contribution < 1.29 is 18.7 Å². The molecular weight excluding hydrogens is 545 g/mol. The van der Waals surface area contributed by atoms with Gasteiger partial charge in [0.15, 0.2) is 0 Å². The molecule has 0 radical (unpaired) electrons. The highest BCUT2D eigenvalue weighted by molar-refractivity contribution is 5.96. The summed E-state index contributed by atoms with van der Waals surface area (Å²) in [6, 6.07) is 10.6. The molecule has 0 spiro atoms. The Labute approximate surface area is 254 Å². The first kappa shape index (κ1) is 29.9. The monoisotopic (exact) mass is 591 g/mol. The lowest BCUT2D eigenvalue weighted by atomic mass is 9.71. The first-order chi connectivity index (χ1) is 20.8. The molecule has 9 heteroatoms. The van der Waals surface area contributed by atoms with E-state index >= 15 is 0 Å². The van der Waals surface area contributed by atoms with E-state index in [0.717, 1.165) is 88.4 Å². The largest absolute Gasteiger partial charge is 0.489 e. The molecule has 4 aliphatic rings. The van der Waals surface area contributed by atoms with Crippen molar-refractivity contribution in [3.8, 4) is 5.75 Å². The van der Waals surface area contributed by atoms with E-state index in [1.807, 2.05) is 17.0 Å². The summed E-state index contributed by atoms with van der Waals surface area (Å²) in [5, 5.41) is 6.68. The number of carbonyl (C=O) groups is 2. The van der Waals surface area contributed by atoms with Crippen LogP contribution in [0.1, 0.15) is 78.1 Å². The molecule has 1 saturated carbocycles. The van der Waals surface area contributed by atoms with E-state index in [4.69, 9.17) is 4.74 Å². The van der Waals surface area contributed by atoms with E-state index in [1.165, 1.54) is 12.1 Å². The van der Waals surface area contributed by atoms with E-state index in [9.17, 15) is 14.0 Å². The van der Waals surface area contributed by atoms with E-state index in [1.54, 1.807) is 11.0 Å². The fourth-order valence-electron chi connectivity index (χ4n) is 7.01. The lowest BCUT2D eigenvalue weighted by Crippen LogP contribution is -2.50. The Morgan fingerprint density at radius 1 is 0.814 bits per heavy atom. The summed E-state index contributed by atoms with van der Waals surface area (Å²) in [5.41, 5.74) is 3.31. The molecule has 6 rings (SSSR count). The van der Waals surface area contributed by atoms with E-state index in [0.29, 0.717) is 48.6 Å². The number of piperazine rings is 2. The smallest absolute Gasteiger partial charge is 0.254 e. The second kappa shape index (κ2) is 12.8. The summed E-state index contributed by atoms with van der Waals surface area (Å²) in [7, 11) is 0. The summed E-state index contributed by atoms with van der Waals surface area (Å²) in [6.45, 7) is 11.5. The molecule has 2 aromatic carbocycles. The van der Waals surface area contributed by atoms with Crippen molar-refractivity contribution in [3.05, 3.63) is 58.9 Å². The molecule has 0 unspecified atom stereocenters. The molecule has 2 N–H and O–H groups in total. The predicted octanol–water partition coefficient (Wildman–Crippen LogP) is 4.26. The summed E-state index contributed by atoms with van der Waals surface area (Å²) in [6.07, 6.45) is 5.68. The van der Waals surface area contributed by atoms with Crippen molar-refractivity contribution in [2.24, 2.45) is 5.41 Å². The van der Waals surface area contributed by atoms with Crippen molar-refractivity contribution in [2.45, 2.75) is 58.0 Å². The van der Waals surface area contributed by atoms with Crippen molar-refractivity contribution in [2.75, 3.05) is 70.3 Å². The van der Waals surface area contributed by atoms with Crippen LogP contribution in [0, 0.1) is 11.2 Å². The number of nitrogens with one attached hydrogen (secondary N) is 2. The fraction of sp³-hybridized carbons (Fsp3) is 0.588. The van der Waals surface area contributed by atoms with Crippen molar-refractivity contribution in [1.82, 2.24) is 20.4 Å². The highest BCUT2D eigenvalue weighted by atomic mass is 19.1. The molecular formula is C34H46FN5O3. The molecule has 8 nitrogen and oxygen atoms in total. The Balaban J connectivity index is 1.13. The minimum atomic E-state index is -0.401. The zero-order valence-corrected chi connectivity index (χ0v) is 25.7. The highest BCUT2D eigenvalue weighted by Gasteiger charge is 2.32. The molecule has 3 heterocycles. The maximum atomic E-state index is 14.5. The molecule has 3 saturated heterocycles. The third-order valence-corrected chi connectivity index (χ3v) is 9.81. The van der Waals surface area contributed by atoms with Gasteiger partial charge in [0.2, 0.25) is 0 Å². The van der Waals surface area contributed by atoms with Crippen LogP contribution in [0.4, 0.5) is 10.1 Å². The van der Waals surface area contributed by atoms with Crippen LogP contribution in [0.25, 0.3) is 0 Å². The predicted molar refractivity (Wildman–Crippen MR) is 167 cm³/mol. The van der Waals surface area contributed by atoms with Gasteiger partial charge in [0.1, 0.15) is 17.7 Å². The van der Waals surface area contributed by atoms with Gasteiger partial charge in [0.05, 0.1) is 0 Å². The van der Waals surface area contributed by atoms with E-state index in [2.05, 4.69) is 35.4 Å². The standard InChI is InChI=1S/C34H46FN5O3/c1-34(2)8-5-24(6-9-34)30-21-25(3-4-31(30)43-29-7-10-37-23-29)32(41)39-15-17-40(18-16-39)33(42)26-19-27(35)22-28(20-26)38-13-11-36-12-14-38/h3-4,19-22,24,29,36-37H,5-18,23H2,1-2H3/t29-/m0/s1. The first-order valence-corrected chi connectivity index (χ1v) is 16.1. The molecule has 2 aromatic rings. The van der Waals surface area contributed by atoms with Crippen molar-refractivity contribution in [3.63, 3.8) is 0 Å². The highest BCUT2D eigenvalue weighted by Crippen LogP contribution is 2.45. The summed E-state index contributed by atoms with van der Waals surface area (Å²) < 4.78 is 21.0. The minimum absolute atomic E-state index is 0.00896. The Kier molecular flexibility index (Phi) is 8.91. The number of nitrogens with zero attached hydrogens (tertiary/aromatic N) is 3. The Morgan fingerprint density at radius 2 is 1.49 bits per heavy atom. The van der Waals surface area contributed by atoms with Gasteiger partial charge in [0.25, 0.3) is 11.8 Å². The van der Waals surface area contributed by atoms with Gasteiger partial charge in [-0.15, -0.1) is 0 Å². The molecule has 1 aliphatic carbocycles. The second-order valence-electron chi connectivity index (χ2n) is 13.4. The van der Waals surface area contributed by atoms with Gasteiger partial charge in [-0.1, -0.05) is 13.8 Å². The van der Waals surface area contributed by atoms with Crippen LogP contribution < -0.4 is 20.3 Å². The molecule has 1 atom stereocenters. The van der Waals surface area contributed by atoms with Gasteiger partial charge in [0, 0.05) is 75.7 Å². The van der Waals surface area contributed by atoms with E-state index in [-0.39, 0.29) is 17.9 Å². The van der Waals surface area contributed by atoms with Crippen LogP contribution in [0.15, 0.2) is 36.4 Å². The number of rotatable bonds is 6. The Hall–Kier alpha value is -3.17. The molecule has 0 bridgehead atoms. The molecule has 43 heavy (non-hydrogen) atoms. The van der Waals surface area contributed by atoms with E-state index < -0.39 is 5.82 Å². The molecule has 232 valence electrons. The van der Waals surface area contributed by atoms with Crippen LogP contribution in [-0.4, -0.2) is 93.2 Å².